The summed E-state index contributed by atoms with van der Waals surface area (Å²) in [5, 5.41) is 0. The van der Waals surface area contributed by atoms with E-state index in [-0.39, 0.29) is 11.6 Å². The first-order chi connectivity index (χ1) is 9.93. The first-order valence-electron chi connectivity index (χ1n) is 7.60. The molecule has 0 spiro atoms. The van der Waals surface area contributed by atoms with Gasteiger partial charge in [0, 0.05) is 12.5 Å². The largest absolute Gasteiger partial charge is 0.487 e. The fourth-order valence-corrected chi connectivity index (χ4v) is 2.99. The molecule has 21 heavy (non-hydrogen) atoms. The molecule has 0 saturated carbocycles. The van der Waals surface area contributed by atoms with Crippen LogP contribution in [0.25, 0.3) is 11.1 Å². The van der Waals surface area contributed by atoms with Crippen LogP contribution in [0.1, 0.15) is 31.9 Å². The standard InChI is InChI=1S/C19H23NO/c1-13(20)10-14-4-6-15(7-5-14)16-8-9-18-17(11-16)12-19(2,3)21-18/h4-9,11,13H,10,12,20H2,1-3H3. The molecule has 0 bridgehead atoms. The third-order valence-corrected chi connectivity index (χ3v) is 3.91. The summed E-state index contributed by atoms with van der Waals surface area (Å²) in [6.45, 7) is 6.31. The average Bonchev–Trinajstić information content (AvgIpc) is 2.71. The summed E-state index contributed by atoms with van der Waals surface area (Å²) in [7, 11) is 0. The first kappa shape index (κ1) is 14.2. The molecule has 0 fully saturated rings. The van der Waals surface area contributed by atoms with Gasteiger partial charge >= 0.3 is 0 Å². The summed E-state index contributed by atoms with van der Waals surface area (Å²) in [6.07, 6.45) is 1.89. The van der Waals surface area contributed by atoms with Gasteiger partial charge in [0.05, 0.1) is 0 Å². The molecule has 0 amide bonds. The number of fused-ring (bicyclic) bond motifs is 1. The monoisotopic (exact) mass is 281 g/mol. The van der Waals surface area contributed by atoms with E-state index in [4.69, 9.17) is 10.5 Å². The van der Waals surface area contributed by atoms with Gasteiger partial charge in [0.1, 0.15) is 11.4 Å². The minimum absolute atomic E-state index is 0.0813. The van der Waals surface area contributed by atoms with Crippen molar-refractivity contribution in [1.82, 2.24) is 0 Å². The van der Waals surface area contributed by atoms with Crippen molar-refractivity contribution in [3.05, 3.63) is 53.6 Å². The minimum Gasteiger partial charge on any atom is -0.487 e. The normalized spacial score (nSPS) is 17.1. The van der Waals surface area contributed by atoms with E-state index < -0.39 is 0 Å². The smallest absolute Gasteiger partial charge is 0.123 e. The average molecular weight is 281 g/mol. The van der Waals surface area contributed by atoms with Gasteiger partial charge in [0.25, 0.3) is 0 Å². The van der Waals surface area contributed by atoms with Gasteiger partial charge in [0.15, 0.2) is 0 Å². The zero-order valence-corrected chi connectivity index (χ0v) is 13.0. The fourth-order valence-electron chi connectivity index (χ4n) is 2.99. The van der Waals surface area contributed by atoms with Crippen LogP contribution in [0.5, 0.6) is 5.75 Å². The second-order valence-corrected chi connectivity index (χ2v) is 6.74. The van der Waals surface area contributed by atoms with Gasteiger partial charge in [-0.3, -0.25) is 0 Å². The Balaban J connectivity index is 1.85. The van der Waals surface area contributed by atoms with E-state index in [9.17, 15) is 0 Å². The van der Waals surface area contributed by atoms with E-state index in [1.165, 1.54) is 22.3 Å². The van der Waals surface area contributed by atoms with Crippen molar-refractivity contribution in [2.75, 3.05) is 0 Å². The fraction of sp³-hybridized carbons (Fsp3) is 0.368. The lowest BCUT2D eigenvalue weighted by atomic mass is 9.96. The van der Waals surface area contributed by atoms with Crippen molar-refractivity contribution >= 4 is 0 Å². The maximum Gasteiger partial charge on any atom is 0.123 e. The van der Waals surface area contributed by atoms with E-state index in [2.05, 4.69) is 56.3 Å². The van der Waals surface area contributed by atoms with Gasteiger partial charge in [-0.05, 0) is 61.6 Å². The molecule has 2 heteroatoms. The second kappa shape index (κ2) is 5.19. The third kappa shape index (κ3) is 3.11. The van der Waals surface area contributed by atoms with Crippen molar-refractivity contribution in [1.29, 1.82) is 0 Å². The van der Waals surface area contributed by atoms with Crippen molar-refractivity contribution in [2.24, 2.45) is 5.73 Å². The predicted octanol–water partition coefficient (Wildman–Crippen LogP) is 3.96. The van der Waals surface area contributed by atoms with Crippen LogP contribution in [0.3, 0.4) is 0 Å². The highest BCUT2D eigenvalue weighted by atomic mass is 16.5. The van der Waals surface area contributed by atoms with E-state index in [1.54, 1.807) is 0 Å². The molecule has 2 nitrogen and oxygen atoms in total. The lowest BCUT2D eigenvalue weighted by Crippen LogP contribution is -2.24. The SMILES string of the molecule is CC(N)Cc1ccc(-c2ccc3c(c2)CC(C)(C)O3)cc1. The molecule has 3 rings (SSSR count). The quantitative estimate of drug-likeness (QED) is 0.924. The number of hydrogen-bond acceptors (Lipinski definition) is 2. The summed E-state index contributed by atoms with van der Waals surface area (Å²) >= 11 is 0. The molecule has 1 aliphatic rings. The molecule has 0 aliphatic carbocycles. The molecule has 1 heterocycles. The van der Waals surface area contributed by atoms with Gasteiger partial charge < -0.3 is 10.5 Å². The van der Waals surface area contributed by atoms with E-state index in [0.29, 0.717) is 0 Å². The predicted molar refractivity (Wildman–Crippen MR) is 87.6 cm³/mol. The molecule has 2 aromatic rings. The molecular formula is C19H23NO. The number of ether oxygens (including phenoxy) is 1. The van der Waals surface area contributed by atoms with Crippen molar-refractivity contribution in [3.63, 3.8) is 0 Å². The van der Waals surface area contributed by atoms with Crippen LogP contribution in [0.15, 0.2) is 42.5 Å². The van der Waals surface area contributed by atoms with Crippen LogP contribution in [0.4, 0.5) is 0 Å². The van der Waals surface area contributed by atoms with Gasteiger partial charge in [0.2, 0.25) is 0 Å². The Bertz CT molecular complexity index is 641. The zero-order valence-electron chi connectivity index (χ0n) is 13.0. The maximum absolute atomic E-state index is 5.93. The minimum atomic E-state index is -0.0813. The Morgan fingerprint density at radius 3 is 2.43 bits per heavy atom. The highest BCUT2D eigenvalue weighted by molar-refractivity contribution is 5.66. The Hall–Kier alpha value is -1.80. The highest BCUT2D eigenvalue weighted by Gasteiger charge is 2.29. The van der Waals surface area contributed by atoms with E-state index >= 15 is 0 Å². The Kier molecular flexibility index (Phi) is 3.50. The molecule has 0 saturated heterocycles. The van der Waals surface area contributed by atoms with Gasteiger partial charge in [-0.15, -0.1) is 0 Å². The molecule has 1 aliphatic heterocycles. The number of hydrogen-bond donors (Lipinski definition) is 1. The zero-order chi connectivity index (χ0) is 15.0. The lowest BCUT2D eigenvalue weighted by Gasteiger charge is -2.16. The topological polar surface area (TPSA) is 35.2 Å². The van der Waals surface area contributed by atoms with Crippen LogP contribution in [-0.2, 0) is 12.8 Å². The maximum atomic E-state index is 5.93. The Labute approximate surface area is 126 Å². The van der Waals surface area contributed by atoms with Crippen LogP contribution in [-0.4, -0.2) is 11.6 Å². The molecule has 2 aromatic carbocycles. The van der Waals surface area contributed by atoms with Crippen molar-refractivity contribution < 1.29 is 4.74 Å². The Morgan fingerprint density at radius 2 is 1.76 bits per heavy atom. The molecule has 110 valence electrons. The molecule has 2 N–H and O–H groups in total. The summed E-state index contributed by atoms with van der Waals surface area (Å²) < 4.78 is 5.93. The van der Waals surface area contributed by atoms with Crippen LogP contribution >= 0.6 is 0 Å². The van der Waals surface area contributed by atoms with E-state index in [1.807, 2.05) is 6.92 Å². The van der Waals surface area contributed by atoms with Crippen LogP contribution in [0, 0.1) is 0 Å². The molecule has 0 aromatic heterocycles. The Morgan fingerprint density at radius 1 is 1.10 bits per heavy atom. The molecule has 1 atom stereocenters. The summed E-state index contributed by atoms with van der Waals surface area (Å²) in [6, 6.07) is 15.4. The molecular weight excluding hydrogens is 258 g/mol. The van der Waals surface area contributed by atoms with E-state index in [0.717, 1.165) is 18.6 Å². The summed E-state index contributed by atoms with van der Waals surface area (Å²) in [4.78, 5) is 0. The summed E-state index contributed by atoms with van der Waals surface area (Å²) in [5.41, 5.74) is 10.9. The second-order valence-electron chi connectivity index (χ2n) is 6.74. The van der Waals surface area contributed by atoms with Crippen LogP contribution in [0.2, 0.25) is 0 Å². The van der Waals surface area contributed by atoms with Gasteiger partial charge in [-0.2, -0.15) is 0 Å². The third-order valence-electron chi connectivity index (χ3n) is 3.91. The molecule has 0 radical (unpaired) electrons. The van der Waals surface area contributed by atoms with Gasteiger partial charge in [-0.1, -0.05) is 30.3 Å². The number of rotatable bonds is 3. The van der Waals surface area contributed by atoms with Gasteiger partial charge in [-0.25, -0.2) is 0 Å². The lowest BCUT2D eigenvalue weighted by molar-refractivity contribution is 0.138. The highest BCUT2D eigenvalue weighted by Crippen LogP contribution is 2.37. The first-order valence-corrected chi connectivity index (χ1v) is 7.60. The summed E-state index contributed by atoms with van der Waals surface area (Å²) in [5.74, 6) is 1.03. The van der Waals surface area contributed by atoms with Crippen LogP contribution < -0.4 is 10.5 Å². The number of benzene rings is 2. The van der Waals surface area contributed by atoms with Crippen molar-refractivity contribution in [3.8, 4) is 16.9 Å². The van der Waals surface area contributed by atoms with Crippen molar-refractivity contribution in [2.45, 2.75) is 45.3 Å². The molecule has 1 unspecified atom stereocenters. The number of nitrogens with two attached hydrogens (primary N) is 1.